The van der Waals surface area contributed by atoms with Crippen molar-refractivity contribution in [3.63, 3.8) is 0 Å². The number of anilines is 2. The van der Waals surface area contributed by atoms with Crippen molar-refractivity contribution in [1.82, 2.24) is 9.97 Å². The molecule has 4 rings (SSSR count). The molecule has 32 heavy (non-hydrogen) atoms. The van der Waals surface area contributed by atoms with Crippen LogP contribution in [0.4, 0.5) is 29.2 Å². The van der Waals surface area contributed by atoms with Crippen LogP contribution in [0.5, 0.6) is 0 Å². The van der Waals surface area contributed by atoms with Crippen LogP contribution in [0.2, 0.25) is 0 Å². The Bertz CT molecular complexity index is 900. The number of nitrogens with one attached hydrogen (secondary N) is 1. The van der Waals surface area contributed by atoms with Crippen molar-refractivity contribution in [2.45, 2.75) is 57.3 Å². The zero-order chi connectivity index (χ0) is 22.7. The van der Waals surface area contributed by atoms with E-state index < -0.39 is 17.6 Å². The SMILES string of the molecule is CC(CC1CCOCC1)Nc1ncnc(N2CCCC2c2ccc(C(F)(F)F)cc2)c1F. The lowest BCUT2D eigenvalue weighted by Crippen LogP contribution is -2.27. The van der Waals surface area contributed by atoms with Gasteiger partial charge in [0.05, 0.1) is 11.6 Å². The fourth-order valence-corrected chi connectivity index (χ4v) is 4.70. The summed E-state index contributed by atoms with van der Waals surface area (Å²) in [6.07, 6.45) is 1.40. The van der Waals surface area contributed by atoms with Crippen LogP contribution in [0, 0.1) is 11.7 Å². The normalized spacial score (nSPS) is 21.0. The molecule has 0 radical (unpaired) electrons. The molecule has 1 N–H and O–H groups in total. The number of nitrogens with zero attached hydrogens (tertiary/aromatic N) is 3. The van der Waals surface area contributed by atoms with E-state index in [9.17, 15) is 13.2 Å². The maximum absolute atomic E-state index is 15.4. The lowest BCUT2D eigenvalue weighted by Gasteiger charge is -2.28. The molecular formula is C23H28F4N4O. The molecule has 1 aromatic carbocycles. The molecule has 0 amide bonds. The number of halogens is 4. The Morgan fingerprint density at radius 3 is 2.53 bits per heavy atom. The van der Waals surface area contributed by atoms with Gasteiger partial charge in [0, 0.05) is 25.8 Å². The first kappa shape index (κ1) is 22.8. The molecule has 2 aliphatic heterocycles. The Hall–Kier alpha value is -2.42. The number of benzene rings is 1. The molecule has 0 aliphatic carbocycles. The molecule has 9 heteroatoms. The molecule has 5 nitrogen and oxygen atoms in total. The van der Waals surface area contributed by atoms with E-state index in [0.717, 1.165) is 63.0 Å². The minimum absolute atomic E-state index is 0.0413. The zero-order valence-electron chi connectivity index (χ0n) is 18.0. The second kappa shape index (κ2) is 9.60. The van der Waals surface area contributed by atoms with E-state index in [-0.39, 0.29) is 23.7 Å². The van der Waals surface area contributed by atoms with Gasteiger partial charge in [-0.1, -0.05) is 12.1 Å². The van der Waals surface area contributed by atoms with E-state index in [0.29, 0.717) is 12.5 Å². The predicted molar refractivity (Wildman–Crippen MR) is 114 cm³/mol. The molecular weight excluding hydrogens is 424 g/mol. The third-order valence-corrected chi connectivity index (χ3v) is 6.33. The van der Waals surface area contributed by atoms with Crippen LogP contribution < -0.4 is 10.2 Å². The number of rotatable bonds is 6. The topological polar surface area (TPSA) is 50.3 Å². The second-order valence-electron chi connectivity index (χ2n) is 8.67. The standard InChI is InChI=1S/C23H28F4N4O/c1-15(13-16-8-11-32-12-9-16)30-21-20(24)22(29-14-28-21)31-10-2-3-19(31)17-4-6-18(7-5-17)23(25,26)27/h4-7,14-16,19H,2-3,8-13H2,1H3,(H,28,29,30). The molecule has 2 aliphatic rings. The summed E-state index contributed by atoms with van der Waals surface area (Å²) in [7, 11) is 0. The summed E-state index contributed by atoms with van der Waals surface area (Å²) in [6, 6.07) is 4.91. The van der Waals surface area contributed by atoms with Crippen LogP contribution in [0.3, 0.4) is 0 Å². The summed E-state index contributed by atoms with van der Waals surface area (Å²) in [5.41, 5.74) is 0.0277. The number of hydrogen-bond donors (Lipinski definition) is 1. The fraction of sp³-hybridized carbons (Fsp3) is 0.565. The Labute approximate surface area is 185 Å². The van der Waals surface area contributed by atoms with Gasteiger partial charge in [-0.25, -0.2) is 9.97 Å². The molecule has 2 atom stereocenters. The molecule has 2 fully saturated rings. The minimum Gasteiger partial charge on any atom is -0.381 e. The van der Waals surface area contributed by atoms with Crippen LogP contribution in [-0.2, 0) is 10.9 Å². The molecule has 1 aromatic heterocycles. The van der Waals surface area contributed by atoms with Crippen molar-refractivity contribution in [3.8, 4) is 0 Å². The highest BCUT2D eigenvalue weighted by atomic mass is 19.4. The highest BCUT2D eigenvalue weighted by Gasteiger charge is 2.33. The van der Waals surface area contributed by atoms with Gasteiger partial charge in [0.25, 0.3) is 0 Å². The van der Waals surface area contributed by atoms with E-state index >= 15 is 4.39 Å². The van der Waals surface area contributed by atoms with Crippen LogP contribution >= 0.6 is 0 Å². The molecule has 3 heterocycles. The third-order valence-electron chi connectivity index (χ3n) is 6.33. The van der Waals surface area contributed by atoms with Crippen molar-refractivity contribution < 1.29 is 22.3 Å². The Balaban J connectivity index is 1.49. The van der Waals surface area contributed by atoms with Gasteiger partial charge in [0.1, 0.15) is 6.33 Å². The molecule has 0 saturated carbocycles. The first-order valence-electron chi connectivity index (χ1n) is 11.1. The summed E-state index contributed by atoms with van der Waals surface area (Å²) in [5.74, 6) is 0.360. The fourth-order valence-electron chi connectivity index (χ4n) is 4.70. The second-order valence-corrected chi connectivity index (χ2v) is 8.67. The highest BCUT2D eigenvalue weighted by molar-refractivity contribution is 5.53. The lowest BCUT2D eigenvalue weighted by molar-refractivity contribution is -0.137. The molecule has 0 bridgehead atoms. The Morgan fingerprint density at radius 2 is 1.84 bits per heavy atom. The first-order chi connectivity index (χ1) is 15.3. The van der Waals surface area contributed by atoms with Gasteiger partial charge in [0.2, 0.25) is 5.82 Å². The molecule has 174 valence electrons. The molecule has 0 spiro atoms. The van der Waals surface area contributed by atoms with Crippen molar-refractivity contribution in [3.05, 3.63) is 47.5 Å². The predicted octanol–water partition coefficient (Wildman–Crippen LogP) is 5.59. The van der Waals surface area contributed by atoms with Crippen LogP contribution in [0.15, 0.2) is 30.6 Å². The number of hydrogen-bond acceptors (Lipinski definition) is 5. The van der Waals surface area contributed by atoms with Gasteiger partial charge < -0.3 is 15.0 Å². The van der Waals surface area contributed by atoms with Gasteiger partial charge in [0.15, 0.2) is 11.6 Å². The number of ether oxygens (including phenoxy) is 1. The number of alkyl halides is 3. The minimum atomic E-state index is -4.38. The van der Waals surface area contributed by atoms with Gasteiger partial charge in [-0.15, -0.1) is 0 Å². The average Bonchev–Trinajstić information content (AvgIpc) is 3.25. The molecule has 2 aromatic rings. The van der Waals surface area contributed by atoms with Crippen LogP contribution in [-0.4, -0.2) is 35.8 Å². The van der Waals surface area contributed by atoms with Crippen LogP contribution in [0.1, 0.15) is 56.2 Å². The van der Waals surface area contributed by atoms with E-state index in [1.54, 1.807) is 0 Å². The van der Waals surface area contributed by atoms with Crippen molar-refractivity contribution in [2.24, 2.45) is 5.92 Å². The van der Waals surface area contributed by atoms with E-state index in [2.05, 4.69) is 15.3 Å². The molecule has 2 saturated heterocycles. The number of aromatic nitrogens is 2. The quantitative estimate of drug-likeness (QED) is 0.579. The lowest BCUT2D eigenvalue weighted by atomic mass is 9.93. The van der Waals surface area contributed by atoms with Crippen molar-refractivity contribution >= 4 is 11.6 Å². The largest absolute Gasteiger partial charge is 0.416 e. The average molecular weight is 452 g/mol. The van der Waals surface area contributed by atoms with E-state index in [1.807, 2.05) is 11.8 Å². The molecule has 2 unspecified atom stereocenters. The summed E-state index contributed by atoms with van der Waals surface area (Å²) in [5, 5.41) is 3.18. The summed E-state index contributed by atoms with van der Waals surface area (Å²) in [6.45, 7) is 4.13. The van der Waals surface area contributed by atoms with Crippen LogP contribution in [0.25, 0.3) is 0 Å². The summed E-state index contributed by atoms with van der Waals surface area (Å²) >= 11 is 0. The van der Waals surface area contributed by atoms with E-state index in [1.165, 1.54) is 18.5 Å². The summed E-state index contributed by atoms with van der Waals surface area (Å²) in [4.78, 5) is 10.1. The van der Waals surface area contributed by atoms with Gasteiger partial charge in [-0.2, -0.15) is 17.6 Å². The zero-order valence-corrected chi connectivity index (χ0v) is 18.0. The maximum atomic E-state index is 15.4. The highest BCUT2D eigenvalue weighted by Crippen LogP contribution is 2.38. The van der Waals surface area contributed by atoms with E-state index in [4.69, 9.17) is 4.74 Å². The maximum Gasteiger partial charge on any atom is 0.416 e. The van der Waals surface area contributed by atoms with Gasteiger partial charge in [-0.05, 0) is 62.6 Å². The monoisotopic (exact) mass is 452 g/mol. The Morgan fingerprint density at radius 1 is 1.12 bits per heavy atom. The van der Waals surface area contributed by atoms with Crippen molar-refractivity contribution in [1.29, 1.82) is 0 Å². The Kier molecular flexibility index (Phi) is 6.83. The van der Waals surface area contributed by atoms with Crippen molar-refractivity contribution in [2.75, 3.05) is 30.0 Å². The summed E-state index contributed by atoms with van der Waals surface area (Å²) < 4.78 is 59.5. The third kappa shape index (κ3) is 5.14. The smallest absolute Gasteiger partial charge is 0.381 e. The van der Waals surface area contributed by atoms with Gasteiger partial charge >= 0.3 is 6.18 Å². The first-order valence-corrected chi connectivity index (χ1v) is 11.1. The van der Waals surface area contributed by atoms with Gasteiger partial charge in [-0.3, -0.25) is 0 Å².